The summed E-state index contributed by atoms with van der Waals surface area (Å²) in [4.78, 5) is 3.54. The van der Waals surface area contributed by atoms with E-state index in [2.05, 4.69) is 4.89 Å². The van der Waals surface area contributed by atoms with Crippen LogP contribution < -0.4 is 0 Å². The molecule has 0 amide bonds. The zero-order chi connectivity index (χ0) is 3.41. The van der Waals surface area contributed by atoms with Crippen molar-refractivity contribution in [2.75, 3.05) is 6.61 Å². The Morgan fingerprint density at radius 3 is 2.00 bits per heavy atom. The minimum atomic E-state index is 0. The molecule has 0 radical (unpaired) electrons. The van der Waals surface area contributed by atoms with Crippen molar-refractivity contribution in [1.29, 1.82) is 0 Å². The van der Waals surface area contributed by atoms with E-state index in [0.29, 0.717) is 6.61 Å². The Bertz CT molecular complexity index is 9.61. The lowest BCUT2D eigenvalue weighted by Gasteiger charge is -1.73. The van der Waals surface area contributed by atoms with Crippen molar-refractivity contribution in [2.24, 2.45) is 0 Å². The molecular formula is C2H9AlO2. The van der Waals surface area contributed by atoms with Gasteiger partial charge in [0.05, 0.1) is 6.61 Å². The zero-order valence-corrected chi connectivity index (χ0v) is 2.56. The topological polar surface area (TPSA) is 29.5 Å². The average molecular weight is 92.1 g/mol. The molecule has 0 fully saturated rings. The minimum absolute atomic E-state index is 0. The van der Waals surface area contributed by atoms with Crippen molar-refractivity contribution in [1.82, 2.24) is 0 Å². The van der Waals surface area contributed by atoms with Crippen LogP contribution in [0.3, 0.4) is 0 Å². The van der Waals surface area contributed by atoms with Crippen molar-refractivity contribution in [2.45, 2.75) is 6.92 Å². The highest BCUT2D eigenvalue weighted by molar-refractivity contribution is 5.75. The van der Waals surface area contributed by atoms with Gasteiger partial charge in [-0.1, -0.05) is 0 Å². The molecule has 0 rings (SSSR count). The van der Waals surface area contributed by atoms with Crippen LogP contribution in [0, 0.1) is 0 Å². The van der Waals surface area contributed by atoms with E-state index in [0.717, 1.165) is 0 Å². The van der Waals surface area contributed by atoms with Gasteiger partial charge in [0.25, 0.3) is 0 Å². The van der Waals surface area contributed by atoms with E-state index in [1.807, 2.05) is 0 Å². The first-order chi connectivity index (χ1) is 1.91. The van der Waals surface area contributed by atoms with Gasteiger partial charge in [-0.2, -0.15) is 0 Å². The highest BCUT2D eigenvalue weighted by Crippen LogP contribution is 1.51. The van der Waals surface area contributed by atoms with Crippen molar-refractivity contribution >= 4 is 17.4 Å². The quantitative estimate of drug-likeness (QED) is 0.263. The van der Waals surface area contributed by atoms with Crippen molar-refractivity contribution in [3.05, 3.63) is 0 Å². The summed E-state index contributed by atoms with van der Waals surface area (Å²) >= 11 is 0. The maximum Gasteiger partial charge on any atom is 0.187 e. The molecular weight excluding hydrogens is 83.0 g/mol. The van der Waals surface area contributed by atoms with E-state index in [4.69, 9.17) is 5.26 Å². The minimum Gasteiger partial charge on any atom is -0.252 e. The first kappa shape index (κ1) is 9.07. The standard InChI is InChI=1S/C2H6O2.Al.3H/c1-2-4-3;;;;/h3H,2H2,1H3;;;;. The molecule has 0 aromatic heterocycles. The van der Waals surface area contributed by atoms with Gasteiger partial charge in [0.2, 0.25) is 0 Å². The van der Waals surface area contributed by atoms with E-state index in [-0.39, 0.29) is 17.4 Å². The summed E-state index contributed by atoms with van der Waals surface area (Å²) in [6.45, 7) is 2.08. The zero-order valence-electron chi connectivity index (χ0n) is 2.56. The molecule has 5 heavy (non-hydrogen) atoms. The Balaban J connectivity index is 0. The van der Waals surface area contributed by atoms with Crippen LogP contribution >= 0.6 is 0 Å². The highest BCUT2D eigenvalue weighted by atomic mass is 27.0. The lowest BCUT2D eigenvalue weighted by Crippen LogP contribution is -1.74. The Kier molecular flexibility index (Phi) is 16.0. The lowest BCUT2D eigenvalue weighted by atomic mass is 10.9. The van der Waals surface area contributed by atoms with E-state index in [1.165, 1.54) is 0 Å². The summed E-state index contributed by atoms with van der Waals surface area (Å²) in [6, 6.07) is 0. The molecule has 0 heterocycles. The van der Waals surface area contributed by atoms with E-state index >= 15 is 0 Å². The molecule has 1 N–H and O–H groups in total. The average Bonchev–Trinajstić information content (AvgIpc) is 1.37. The summed E-state index contributed by atoms with van der Waals surface area (Å²) in [5, 5.41) is 7.38. The third-order valence-corrected chi connectivity index (χ3v) is 0.129. The Labute approximate surface area is 41.8 Å². The van der Waals surface area contributed by atoms with Crippen LogP contribution in [0.25, 0.3) is 0 Å². The van der Waals surface area contributed by atoms with Crippen LogP contribution in [-0.4, -0.2) is 29.2 Å². The Morgan fingerprint density at radius 1 is 1.80 bits per heavy atom. The largest absolute Gasteiger partial charge is 0.252 e. The molecule has 0 saturated carbocycles. The van der Waals surface area contributed by atoms with Gasteiger partial charge in [-0.25, -0.2) is 4.89 Å². The molecule has 2 nitrogen and oxygen atoms in total. The second-order valence-corrected chi connectivity index (χ2v) is 0.418. The molecule has 0 aliphatic carbocycles. The molecule has 3 heteroatoms. The van der Waals surface area contributed by atoms with Crippen LogP contribution in [-0.2, 0) is 4.89 Å². The molecule has 0 aromatic rings. The summed E-state index contributed by atoms with van der Waals surface area (Å²) < 4.78 is 0. The van der Waals surface area contributed by atoms with Gasteiger partial charge in [0, 0.05) is 0 Å². The van der Waals surface area contributed by atoms with Crippen LogP contribution in [0.5, 0.6) is 0 Å². The molecule has 0 unspecified atom stereocenters. The van der Waals surface area contributed by atoms with Crippen LogP contribution in [0.2, 0.25) is 0 Å². The van der Waals surface area contributed by atoms with E-state index in [1.54, 1.807) is 6.92 Å². The second-order valence-electron chi connectivity index (χ2n) is 0.418. The van der Waals surface area contributed by atoms with Gasteiger partial charge in [-0.05, 0) is 6.92 Å². The van der Waals surface area contributed by atoms with Crippen LogP contribution in [0.4, 0.5) is 0 Å². The molecule has 0 aliphatic rings. The maximum absolute atomic E-state index is 7.38. The highest BCUT2D eigenvalue weighted by Gasteiger charge is 1.54. The Morgan fingerprint density at radius 2 is 2.00 bits per heavy atom. The van der Waals surface area contributed by atoms with Crippen LogP contribution in [0.1, 0.15) is 6.92 Å². The van der Waals surface area contributed by atoms with Gasteiger partial charge in [-0.15, -0.1) is 0 Å². The third kappa shape index (κ3) is 12.7. The van der Waals surface area contributed by atoms with E-state index in [9.17, 15) is 0 Å². The molecule has 0 spiro atoms. The lowest BCUT2D eigenvalue weighted by molar-refractivity contribution is -0.237. The molecule has 0 aliphatic heterocycles. The first-order valence-electron chi connectivity index (χ1n) is 1.18. The SMILES string of the molecule is CCOO.[AlH3]. The van der Waals surface area contributed by atoms with Gasteiger partial charge in [0.15, 0.2) is 17.4 Å². The van der Waals surface area contributed by atoms with Gasteiger partial charge in [0.1, 0.15) is 0 Å². The normalized spacial score (nSPS) is 6.00. The van der Waals surface area contributed by atoms with Gasteiger partial charge in [-0.3, -0.25) is 5.26 Å². The predicted octanol–water partition coefficient (Wildman–Crippen LogP) is -0.688. The number of hydrogen-bond acceptors (Lipinski definition) is 2. The Hall–Kier alpha value is 0.452. The fraction of sp³-hybridized carbons (Fsp3) is 1.00. The number of hydrogen-bond donors (Lipinski definition) is 1. The van der Waals surface area contributed by atoms with Crippen LogP contribution in [0.15, 0.2) is 0 Å². The summed E-state index contributed by atoms with van der Waals surface area (Å²) in [5.74, 6) is 0. The number of rotatable bonds is 1. The summed E-state index contributed by atoms with van der Waals surface area (Å²) in [7, 11) is 0. The predicted molar refractivity (Wildman–Crippen MR) is 24.2 cm³/mol. The second kappa shape index (κ2) is 8.82. The first-order valence-corrected chi connectivity index (χ1v) is 1.18. The van der Waals surface area contributed by atoms with Crippen molar-refractivity contribution < 1.29 is 10.1 Å². The smallest absolute Gasteiger partial charge is 0.187 e. The van der Waals surface area contributed by atoms with Gasteiger partial charge < -0.3 is 0 Å². The fourth-order valence-corrected chi connectivity index (χ4v) is 0. The summed E-state index contributed by atoms with van der Waals surface area (Å²) in [5.41, 5.74) is 0. The monoisotopic (exact) mass is 92.0 g/mol. The summed E-state index contributed by atoms with van der Waals surface area (Å²) in [6.07, 6.45) is 0. The van der Waals surface area contributed by atoms with E-state index < -0.39 is 0 Å². The van der Waals surface area contributed by atoms with Gasteiger partial charge >= 0.3 is 0 Å². The van der Waals surface area contributed by atoms with Crippen molar-refractivity contribution in [3.8, 4) is 0 Å². The molecule has 32 valence electrons. The van der Waals surface area contributed by atoms with Crippen molar-refractivity contribution in [3.63, 3.8) is 0 Å². The molecule has 0 saturated heterocycles. The fourth-order valence-electron chi connectivity index (χ4n) is 0. The maximum atomic E-state index is 7.38. The molecule has 0 aromatic carbocycles. The molecule has 0 bridgehead atoms. The molecule has 0 atom stereocenters. The third-order valence-electron chi connectivity index (χ3n) is 0.129.